The van der Waals surface area contributed by atoms with Crippen LogP contribution in [0.2, 0.25) is 0 Å². The van der Waals surface area contributed by atoms with Crippen molar-refractivity contribution in [1.29, 1.82) is 0 Å². The SMILES string of the molecule is CCNC(=NCc1ccco1)NCC1(N(C)C)CCCC(C)C1.I. The Hall–Kier alpha value is -0.760. The number of halogens is 1. The molecule has 6 heteroatoms. The van der Waals surface area contributed by atoms with E-state index in [2.05, 4.69) is 48.5 Å². The molecule has 0 radical (unpaired) electrons. The third kappa shape index (κ3) is 5.95. The van der Waals surface area contributed by atoms with Crippen LogP contribution in [0.3, 0.4) is 0 Å². The van der Waals surface area contributed by atoms with E-state index < -0.39 is 0 Å². The first-order valence-corrected chi connectivity index (χ1v) is 8.78. The van der Waals surface area contributed by atoms with Crippen LogP contribution in [0.25, 0.3) is 0 Å². The van der Waals surface area contributed by atoms with Crippen LogP contribution in [0.4, 0.5) is 0 Å². The van der Waals surface area contributed by atoms with Crippen molar-refractivity contribution < 1.29 is 4.42 Å². The highest BCUT2D eigenvalue weighted by atomic mass is 127. The molecular weight excluding hydrogens is 415 g/mol. The van der Waals surface area contributed by atoms with Gasteiger partial charge in [-0.05, 0) is 51.9 Å². The Morgan fingerprint density at radius 3 is 2.79 bits per heavy atom. The minimum atomic E-state index is 0. The number of nitrogens with zero attached hydrogens (tertiary/aromatic N) is 2. The average Bonchev–Trinajstić information content (AvgIpc) is 3.03. The molecule has 5 nitrogen and oxygen atoms in total. The second-order valence-electron chi connectivity index (χ2n) is 6.95. The number of nitrogens with one attached hydrogen (secondary N) is 2. The number of hydrogen-bond acceptors (Lipinski definition) is 3. The zero-order valence-corrected chi connectivity index (χ0v) is 17.8. The lowest BCUT2D eigenvalue weighted by Crippen LogP contribution is -2.56. The molecule has 1 fully saturated rings. The second-order valence-corrected chi connectivity index (χ2v) is 6.95. The van der Waals surface area contributed by atoms with Crippen LogP contribution in [-0.2, 0) is 6.54 Å². The van der Waals surface area contributed by atoms with Crippen LogP contribution < -0.4 is 10.6 Å². The van der Waals surface area contributed by atoms with Crippen LogP contribution in [0.1, 0.15) is 45.3 Å². The topological polar surface area (TPSA) is 52.8 Å². The van der Waals surface area contributed by atoms with Crippen LogP contribution in [0.5, 0.6) is 0 Å². The number of aliphatic imine (C=N–C) groups is 1. The van der Waals surface area contributed by atoms with E-state index in [0.717, 1.165) is 30.7 Å². The third-order valence-electron chi connectivity index (χ3n) is 4.92. The fraction of sp³-hybridized carbons (Fsp3) is 0.722. The van der Waals surface area contributed by atoms with Gasteiger partial charge in [-0.25, -0.2) is 4.99 Å². The minimum Gasteiger partial charge on any atom is -0.467 e. The molecule has 1 aromatic heterocycles. The standard InChI is InChI=1S/C18H32N4O.HI/c1-5-19-17(20-13-16-9-7-11-23-16)21-14-18(22(3)4)10-6-8-15(2)12-18;/h7,9,11,15H,5-6,8,10,12-14H2,1-4H3,(H2,19,20,21);1H. The van der Waals surface area contributed by atoms with Gasteiger partial charge in [0.2, 0.25) is 0 Å². The molecule has 2 atom stereocenters. The van der Waals surface area contributed by atoms with E-state index in [9.17, 15) is 0 Å². The quantitative estimate of drug-likeness (QED) is 0.398. The van der Waals surface area contributed by atoms with Gasteiger partial charge in [0.1, 0.15) is 12.3 Å². The van der Waals surface area contributed by atoms with Gasteiger partial charge in [0, 0.05) is 18.6 Å². The normalized spacial score (nSPS) is 24.5. The van der Waals surface area contributed by atoms with Gasteiger partial charge in [0.15, 0.2) is 5.96 Å². The summed E-state index contributed by atoms with van der Waals surface area (Å²) in [5.74, 6) is 2.54. The van der Waals surface area contributed by atoms with Crippen LogP contribution in [0.15, 0.2) is 27.8 Å². The van der Waals surface area contributed by atoms with E-state index in [0.29, 0.717) is 6.54 Å². The summed E-state index contributed by atoms with van der Waals surface area (Å²) in [6.07, 6.45) is 6.83. The molecule has 0 aliphatic heterocycles. The van der Waals surface area contributed by atoms with E-state index >= 15 is 0 Å². The molecule has 1 heterocycles. The molecule has 1 aliphatic rings. The van der Waals surface area contributed by atoms with Crippen LogP contribution >= 0.6 is 24.0 Å². The largest absolute Gasteiger partial charge is 0.467 e. The first-order chi connectivity index (χ1) is 11.1. The van der Waals surface area contributed by atoms with E-state index in [1.54, 1.807) is 6.26 Å². The van der Waals surface area contributed by atoms with Gasteiger partial charge in [-0.3, -0.25) is 0 Å². The summed E-state index contributed by atoms with van der Waals surface area (Å²) in [7, 11) is 4.40. The van der Waals surface area contributed by atoms with Crippen molar-refractivity contribution in [3.63, 3.8) is 0 Å². The van der Waals surface area contributed by atoms with Crippen molar-refractivity contribution in [2.75, 3.05) is 27.2 Å². The maximum absolute atomic E-state index is 5.36. The number of furan rings is 1. The Labute approximate surface area is 163 Å². The first-order valence-electron chi connectivity index (χ1n) is 8.78. The van der Waals surface area contributed by atoms with Gasteiger partial charge < -0.3 is 20.0 Å². The fourth-order valence-corrected chi connectivity index (χ4v) is 3.51. The van der Waals surface area contributed by atoms with E-state index in [1.807, 2.05) is 12.1 Å². The summed E-state index contributed by atoms with van der Waals surface area (Å²) >= 11 is 0. The molecule has 0 saturated heterocycles. The summed E-state index contributed by atoms with van der Waals surface area (Å²) in [5.41, 5.74) is 0.221. The number of rotatable bonds is 6. The van der Waals surface area contributed by atoms with E-state index in [4.69, 9.17) is 4.42 Å². The Morgan fingerprint density at radius 2 is 2.21 bits per heavy atom. The van der Waals surface area contributed by atoms with E-state index in [1.165, 1.54) is 25.7 Å². The second kappa shape index (κ2) is 10.3. The van der Waals surface area contributed by atoms with Crippen LogP contribution in [-0.4, -0.2) is 43.6 Å². The lowest BCUT2D eigenvalue weighted by molar-refractivity contribution is 0.0795. The van der Waals surface area contributed by atoms with E-state index in [-0.39, 0.29) is 29.5 Å². The number of likely N-dealkylation sites (N-methyl/N-ethyl adjacent to an activating group) is 1. The van der Waals surface area contributed by atoms with Gasteiger partial charge >= 0.3 is 0 Å². The van der Waals surface area contributed by atoms with Crippen molar-refractivity contribution in [3.05, 3.63) is 24.2 Å². The summed E-state index contributed by atoms with van der Waals surface area (Å²) in [6, 6.07) is 3.85. The Morgan fingerprint density at radius 1 is 1.42 bits per heavy atom. The summed E-state index contributed by atoms with van der Waals surface area (Å²) in [4.78, 5) is 7.03. The fourth-order valence-electron chi connectivity index (χ4n) is 3.51. The highest BCUT2D eigenvalue weighted by molar-refractivity contribution is 14.0. The third-order valence-corrected chi connectivity index (χ3v) is 4.92. The Kier molecular flexibility index (Phi) is 9.12. The molecule has 24 heavy (non-hydrogen) atoms. The number of hydrogen-bond donors (Lipinski definition) is 2. The molecule has 138 valence electrons. The monoisotopic (exact) mass is 448 g/mol. The lowest BCUT2D eigenvalue weighted by Gasteiger charge is -2.45. The molecule has 1 aromatic rings. The summed E-state index contributed by atoms with van der Waals surface area (Å²) < 4.78 is 5.36. The molecule has 1 aliphatic carbocycles. The van der Waals surface area contributed by atoms with Gasteiger partial charge in [-0.2, -0.15) is 0 Å². The van der Waals surface area contributed by atoms with Gasteiger partial charge in [0.25, 0.3) is 0 Å². The van der Waals surface area contributed by atoms with Gasteiger partial charge in [-0.15, -0.1) is 24.0 Å². The minimum absolute atomic E-state index is 0. The molecule has 0 spiro atoms. The highest BCUT2D eigenvalue weighted by Crippen LogP contribution is 2.35. The average molecular weight is 448 g/mol. The summed E-state index contributed by atoms with van der Waals surface area (Å²) in [5, 5.41) is 6.88. The van der Waals surface area contributed by atoms with Gasteiger partial charge in [-0.1, -0.05) is 19.8 Å². The predicted molar refractivity (Wildman–Crippen MR) is 111 cm³/mol. The first kappa shape index (κ1) is 21.3. The molecule has 1 saturated carbocycles. The molecular formula is C18H33IN4O. The molecule has 0 bridgehead atoms. The molecule has 0 aromatic carbocycles. The smallest absolute Gasteiger partial charge is 0.191 e. The highest BCUT2D eigenvalue weighted by Gasteiger charge is 2.36. The molecule has 2 rings (SSSR count). The Bertz CT molecular complexity index is 489. The zero-order valence-electron chi connectivity index (χ0n) is 15.5. The van der Waals surface area contributed by atoms with Crippen LogP contribution in [0, 0.1) is 5.92 Å². The zero-order chi connectivity index (χ0) is 16.7. The molecule has 2 N–H and O–H groups in total. The summed E-state index contributed by atoms with van der Waals surface area (Å²) in [6.45, 7) is 6.81. The molecule has 0 amide bonds. The Balaban J connectivity index is 0.00000288. The van der Waals surface area contributed by atoms with Crippen molar-refractivity contribution in [2.45, 2.75) is 51.6 Å². The van der Waals surface area contributed by atoms with Crippen molar-refractivity contribution >= 4 is 29.9 Å². The molecule has 2 unspecified atom stereocenters. The van der Waals surface area contributed by atoms with Crippen molar-refractivity contribution in [1.82, 2.24) is 15.5 Å². The predicted octanol–water partition coefficient (Wildman–Crippen LogP) is 3.46. The number of guanidine groups is 1. The lowest BCUT2D eigenvalue weighted by atomic mass is 9.75. The van der Waals surface area contributed by atoms with Gasteiger partial charge in [0.05, 0.1) is 6.26 Å². The maximum atomic E-state index is 5.36. The maximum Gasteiger partial charge on any atom is 0.191 e. The van der Waals surface area contributed by atoms with Crippen molar-refractivity contribution in [3.8, 4) is 0 Å². The van der Waals surface area contributed by atoms with Crippen molar-refractivity contribution in [2.24, 2.45) is 10.9 Å².